The zero-order chi connectivity index (χ0) is 17.2. The maximum absolute atomic E-state index is 6.12. The van der Waals surface area contributed by atoms with Crippen LogP contribution in [0.15, 0.2) is 18.2 Å². The number of epoxide rings is 1. The predicted octanol–water partition coefficient (Wildman–Crippen LogP) is 3.21. The summed E-state index contributed by atoms with van der Waals surface area (Å²) in [5, 5.41) is 0. The van der Waals surface area contributed by atoms with Crippen molar-refractivity contribution in [2.75, 3.05) is 27.0 Å². The van der Waals surface area contributed by atoms with Gasteiger partial charge >= 0.3 is 0 Å². The van der Waals surface area contributed by atoms with Gasteiger partial charge in [0.25, 0.3) is 0 Å². The van der Waals surface area contributed by atoms with Gasteiger partial charge in [-0.15, -0.1) is 0 Å². The first-order valence-electron chi connectivity index (χ1n) is 9.04. The number of rotatable bonds is 5. The Kier molecular flexibility index (Phi) is 5.33. The summed E-state index contributed by atoms with van der Waals surface area (Å²) in [6.07, 6.45) is 2.40. The number of likely N-dealkylation sites (tertiary alicyclic amines) is 1. The van der Waals surface area contributed by atoms with E-state index in [4.69, 9.17) is 18.9 Å². The summed E-state index contributed by atoms with van der Waals surface area (Å²) in [4.78, 5) is 2.39. The lowest BCUT2D eigenvalue weighted by molar-refractivity contribution is 0.0475. The third-order valence-corrected chi connectivity index (χ3v) is 5.15. The molecule has 3 aliphatic rings. The van der Waals surface area contributed by atoms with Crippen LogP contribution >= 0.6 is 0 Å². The van der Waals surface area contributed by atoms with Gasteiger partial charge < -0.3 is 18.9 Å². The van der Waals surface area contributed by atoms with Gasteiger partial charge in [0.1, 0.15) is 5.60 Å². The first kappa shape index (κ1) is 17.5. The second-order valence-electron chi connectivity index (χ2n) is 6.52. The molecular formula is C19H29NO4. The van der Waals surface area contributed by atoms with E-state index in [0.29, 0.717) is 19.4 Å². The van der Waals surface area contributed by atoms with Gasteiger partial charge in [-0.05, 0) is 37.6 Å². The van der Waals surface area contributed by atoms with Crippen molar-refractivity contribution in [3.8, 4) is 11.5 Å². The highest BCUT2D eigenvalue weighted by atomic mass is 16.7. The van der Waals surface area contributed by atoms with Crippen molar-refractivity contribution in [2.24, 2.45) is 0 Å². The third kappa shape index (κ3) is 3.39. The van der Waals surface area contributed by atoms with E-state index in [2.05, 4.69) is 18.9 Å². The minimum atomic E-state index is 0.0889. The molecule has 0 radical (unpaired) electrons. The Labute approximate surface area is 144 Å². The van der Waals surface area contributed by atoms with Crippen molar-refractivity contribution in [3.05, 3.63) is 23.8 Å². The average Bonchev–Trinajstić information content (AvgIpc) is 3.10. The van der Waals surface area contributed by atoms with Gasteiger partial charge in [-0.25, -0.2) is 0 Å². The molecule has 3 atom stereocenters. The molecule has 5 nitrogen and oxygen atoms in total. The van der Waals surface area contributed by atoms with Crippen LogP contribution < -0.4 is 9.47 Å². The zero-order valence-corrected chi connectivity index (χ0v) is 15.2. The van der Waals surface area contributed by atoms with Gasteiger partial charge in [-0.1, -0.05) is 26.8 Å². The molecule has 3 aliphatic heterocycles. The van der Waals surface area contributed by atoms with Crippen LogP contribution in [0.3, 0.4) is 0 Å². The molecule has 5 heteroatoms. The molecule has 0 spiro atoms. The molecule has 1 aromatic rings. The lowest BCUT2D eigenvalue weighted by Gasteiger charge is -2.24. The van der Waals surface area contributed by atoms with Crippen molar-refractivity contribution in [1.82, 2.24) is 4.90 Å². The molecule has 0 aliphatic carbocycles. The molecule has 2 saturated heterocycles. The van der Waals surface area contributed by atoms with Gasteiger partial charge in [0.15, 0.2) is 11.5 Å². The second kappa shape index (κ2) is 7.30. The summed E-state index contributed by atoms with van der Waals surface area (Å²) in [6, 6.07) is 6.49. The normalized spacial score (nSPS) is 30.8. The number of hydrogen-bond acceptors (Lipinski definition) is 5. The fourth-order valence-corrected chi connectivity index (χ4v) is 3.66. The van der Waals surface area contributed by atoms with E-state index < -0.39 is 0 Å². The predicted molar refractivity (Wildman–Crippen MR) is 92.5 cm³/mol. The Bertz CT molecular complexity index is 558. The van der Waals surface area contributed by atoms with Crippen molar-refractivity contribution < 1.29 is 18.9 Å². The van der Waals surface area contributed by atoms with Gasteiger partial charge in [0.2, 0.25) is 6.79 Å². The first-order valence-corrected chi connectivity index (χ1v) is 9.04. The molecule has 0 saturated carbocycles. The summed E-state index contributed by atoms with van der Waals surface area (Å²) < 4.78 is 22.6. The van der Waals surface area contributed by atoms with Crippen LogP contribution in [0.25, 0.3) is 0 Å². The fraction of sp³-hybridized carbons (Fsp3) is 0.684. The minimum Gasteiger partial charge on any atom is -0.454 e. The highest BCUT2D eigenvalue weighted by Crippen LogP contribution is 2.42. The number of likely N-dealkylation sites (N-methyl/N-ethyl adjacent to an activating group) is 1. The van der Waals surface area contributed by atoms with E-state index in [1.54, 1.807) is 0 Å². The van der Waals surface area contributed by atoms with E-state index in [1.807, 2.05) is 32.0 Å². The molecule has 2 fully saturated rings. The van der Waals surface area contributed by atoms with Crippen LogP contribution in [0.4, 0.5) is 0 Å². The number of fused-ring (bicyclic) bond motifs is 1. The summed E-state index contributed by atoms with van der Waals surface area (Å²) in [5.74, 6) is 1.64. The van der Waals surface area contributed by atoms with Crippen LogP contribution in [-0.4, -0.2) is 49.6 Å². The van der Waals surface area contributed by atoms with Crippen molar-refractivity contribution in [2.45, 2.75) is 58.0 Å². The fourth-order valence-electron chi connectivity index (χ4n) is 3.66. The monoisotopic (exact) mass is 335 g/mol. The Morgan fingerprint density at radius 1 is 1.25 bits per heavy atom. The minimum absolute atomic E-state index is 0.0889. The molecule has 1 unspecified atom stereocenters. The highest BCUT2D eigenvalue weighted by molar-refractivity contribution is 5.44. The molecule has 3 heterocycles. The zero-order valence-electron chi connectivity index (χ0n) is 15.2. The number of ether oxygens (including phenoxy) is 4. The lowest BCUT2D eigenvalue weighted by atomic mass is 9.95. The van der Waals surface area contributed by atoms with Crippen molar-refractivity contribution >= 4 is 0 Å². The van der Waals surface area contributed by atoms with Crippen LogP contribution in [0.2, 0.25) is 0 Å². The molecule has 134 valence electrons. The molecule has 0 aromatic heterocycles. The standard InChI is InChI=1S/C17H23NO4.C2H6/c1-3-17(10-22-17)16-7-13(8-18(16)2)19-9-12-4-5-14-15(6-12)21-11-20-14;1-2/h4-6,13,16H,3,7-11H2,1-2H3;1-2H3/t13-,16-,17?;/m1./s1. The molecule has 0 N–H and O–H groups in total. The molecular weight excluding hydrogens is 306 g/mol. The number of benzene rings is 1. The first-order chi connectivity index (χ1) is 11.7. The van der Waals surface area contributed by atoms with Gasteiger partial charge in [0.05, 0.1) is 19.3 Å². The van der Waals surface area contributed by atoms with Gasteiger partial charge in [-0.3, -0.25) is 4.90 Å². The summed E-state index contributed by atoms with van der Waals surface area (Å²) in [7, 11) is 2.17. The summed E-state index contributed by atoms with van der Waals surface area (Å²) in [5.41, 5.74) is 1.22. The molecule has 24 heavy (non-hydrogen) atoms. The van der Waals surface area contributed by atoms with Gasteiger partial charge in [-0.2, -0.15) is 0 Å². The van der Waals surface area contributed by atoms with E-state index >= 15 is 0 Å². The molecule has 0 amide bonds. The average molecular weight is 335 g/mol. The van der Waals surface area contributed by atoms with Crippen LogP contribution in [-0.2, 0) is 16.1 Å². The topological polar surface area (TPSA) is 43.5 Å². The molecule has 0 bridgehead atoms. The Morgan fingerprint density at radius 2 is 2.00 bits per heavy atom. The van der Waals surface area contributed by atoms with E-state index in [1.165, 1.54) is 0 Å². The number of hydrogen-bond donors (Lipinski definition) is 0. The Balaban J connectivity index is 0.000000815. The van der Waals surface area contributed by atoms with Crippen LogP contribution in [0.5, 0.6) is 11.5 Å². The maximum Gasteiger partial charge on any atom is 0.231 e. The lowest BCUT2D eigenvalue weighted by Crippen LogP contribution is -2.38. The third-order valence-electron chi connectivity index (χ3n) is 5.15. The highest BCUT2D eigenvalue weighted by Gasteiger charge is 2.54. The van der Waals surface area contributed by atoms with E-state index in [-0.39, 0.29) is 11.7 Å². The SMILES string of the molecule is CC.CCC1([C@H]2C[C@@H](OCc3ccc4c(c3)OCO4)CN2C)CO1. The van der Waals surface area contributed by atoms with Crippen molar-refractivity contribution in [3.63, 3.8) is 0 Å². The van der Waals surface area contributed by atoms with Gasteiger partial charge in [0, 0.05) is 12.6 Å². The molecule has 4 rings (SSSR count). The maximum atomic E-state index is 6.12. The second-order valence-corrected chi connectivity index (χ2v) is 6.52. The smallest absolute Gasteiger partial charge is 0.231 e. The molecule has 1 aromatic carbocycles. The van der Waals surface area contributed by atoms with E-state index in [0.717, 1.165) is 43.1 Å². The summed E-state index contributed by atoms with van der Waals surface area (Å²) >= 11 is 0. The Hall–Kier alpha value is -1.30. The largest absolute Gasteiger partial charge is 0.454 e. The van der Waals surface area contributed by atoms with Crippen LogP contribution in [0, 0.1) is 0 Å². The Morgan fingerprint density at radius 3 is 2.71 bits per heavy atom. The van der Waals surface area contributed by atoms with Crippen molar-refractivity contribution in [1.29, 1.82) is 0 Å². The summed E-state index contributed by atoms with van der Waals surface area (Å²) in [6.45, 7) is 9.01. The number of nitrogens with zero attached hydrogens (tertiary/aromatic N) is 1. The van der Waals surface area contributed by atoms with E-state index in [9.17, 15) is 0 Å². The quantitative estimate of drug-likeness (QED) is 0.773. The van der Waals surface area contributed by atoms with Crippen LogP contribution in [0.1, 0.15) is 39.2 Å².